The first-order chi connectivity index (χ1) is 17.1. The van der Waals surface area contributed by atoms with E-state index in [2.05, 4.69) is 16.7 Å². The Labute approximate surface area is 214 Å². The third-order valence-corrected chi connectivity index (χ3v) is 9.08. The van der Waals surface area contributed by atoms with Crippen molar-refractivity contribution in [1.82, 2.24) is 15.0 Å². The number of benzene rings is 2. The van der Waals surface area contributed by atoms with Crippen LogP contribution in [-0.2, 0) is 30.2 Å². The summed E-state index contributed by atoms with van der Waals surface area (Å²) in [5, 5.41) is 20.2. The Morgan fingerprint density at radius 2 is 1.67 bits per heavy atom. The van der Waals surface area contributed by atoms with Gasteiger partial charge in [-0.15, -0.1) is 15.0 Å². The normalized spacial score (nSPS) is 12.3. The fraction of sp³-hybridized carbons (Fsp3) is 0.519. The van der Waals surface area contributed by atoms with Crippen molar-refractivity contribution in [2.45, 2.75) is 71.9 Å². The van der Waals surface area contributed by atoms with Crippen LogP contribution in [0.3, 0.4) is 0 Å². The average molecular weight is 514 g/mol. The van der Waals surface area contributed by atoms with Gasteiger partial charge in [0.05, 0.1) is 6.61 Å². The van der Waals surface area contributed by atoms with E-state index < -0.39 is 8.56 Å². The van der Waals surface area contributed by atoms with Gasteiger partial charge < -0.3 is 18.7 Å². The van der Waals surface area contributed by atoms with Crippen LogP contribution in [-0.4, -0.2) is 54.5 Å². The van der Waals surface area contributed by atoms with Gasteiger partial charge in [-0.2, -0.15) is 0 Å². The first-order valence-electron chi connectivity index (χ1n) is 12.7. The lowest BCUT2D eigenvalue weighted by atomic mass is 9.84. The molecule has 8 nitrogen and oxygen atoms in total. The molecule has 9 heteroatoms. The van der Waals surface area contributed by atoms with Gasteiger partial charge in [0.25, 0.3) is 0 Å². The van der Waals surface area contributed by atoms with Crippen LogP contribution in [0.2, 0.25) is 12.6 Å². The largest absolute Gasteiger partial charge is 0.505 e. The summed E-state index contributed by atoms with van der Waals surface area (Å²) in [6.45, 7) is 13.7. The van der Waals surface area contributed by atoms with Crippen LogP contribution < -0.4 is 0 Å². The van der Waals surface area contributed by atoms with E-state index in [0.717, 1.165) is 28.2 Å². The highest BCUT2D eigenvalue weighted by atomic mass is 28.4. The lowest BCUT2D eigenvalue weighted by Gasteiger charge is -2.25. The van der Waals surface area contributed by atoms with Gasteiger partial charge in [-0.1, -0.05) is 39.0 Å². The van der Waals surface area contributed by atoms with Crippen molar-refractivity contribution in [3.63, 3.8) is 0 Å². The lowest BCUT2D eigenvalue weighted by molar-refractivity contribution is -0.143. The number of carbonyl (C=O) groups is 1. The second-order valence-corrected chi connectivity index (χ2v) is 13.4. The molecule has 0 amide bonds. The third kappa shape index (κ3) is 7.15. The molecule has 0 saturated heterocycles. The zero-order valence-electron chi connectivity index (χ0n) is 22.3. The van der Waals surface area contributed by atoms with Gasteiger partial charge in [0.15, 0.2) is 0 Å². The quantitative estimate of drug-likeness (QED) is 0.196. The molecular formula is C27H39N3O5Si. The van der Waals surface area contributed by atoms with E-state index in [0.29, 0.717) is 38.3 Å². The molecule has 0 fully saturated rings. The Bertz CT molecular complexity index is 1130. The van der Waals surface area contributed by atoms with Crippen LogP contribution >= 0.6 is 0 Å². The van der Waals surface area contributed by atoms with E-state index in [-0.39, 0.29) is 23.6 Å². The van der Waals surface area contributed by atoms with Crippen molar-refractivity contribution in [3.05, 3.63) is 47.5 Å². The summed E-state index contributed by atoms with van der Waals surface area (Å²) in [6, 6.07) is 12.2. The SMILES string of the molecule is CCO[Si](C)(CCCOC(=O)CCc1cc(-n2nc3ccccc3n2)c(O)c(C(C)(C)C)c1)OCC. The molecule has 3 aromatic rings. The molecule has 0 aliphatic rings. The van der Waals surface area contributed by atoms with E-state index in [1.54, 1.807) is 0 Å². The number of hydrogen-bond donors (Lipinski definition) is 1. The van der Waals surface area contributed by atoms with Gasteiger partial charge in [0.2, 0.25) is 0 Å². The topological polar surface area (TPSA) is 95.7 Å². The Balaban J connectivity index is 1.68. The standard InChI is InChI=1S/C27H39N3O5Si/c1-7-34-36(6,35-8-2)17-11-16-33-25(31)15-14-20-18-21(27(3,4)5)26(32)24(19-20)30-28-22-12-9-10-13-23(22)29-30/h9-10,12-13,18-19,32H,7-8,11,14-17H2,1-6H3. The number of nitrogens with zero attached hydrogens (tertiary/aromatic N) is 3. The van der Waals surface area contributed by atoms with E-state index in [1.165, 1.54) is 4.80 Å². The number of phenolic OH excluding ortho intramolecular Hbond substituents is 1. The molecule has 1 N–H and O–H groups in total. The highest BCUT2D eigenvalue weighted by Crippen LogP contribution is 2.36. The third-order valence-electron chi connectivity index (χ3n) is 6.02. The van der Waals surface area contributed by atoms with Crippen molar-refractivity contribution in [1.29, 1.82) is 0 Å². The minimum atomic E-state index is -2.20. The second kappa shape index (κ2) is 12.0. The highest BCUT2D eigenvalue weighted by molar-refractivity contribution is 6.66. The van der Waals surface area contributed by atoms with Crippen molar-refractivity contribution >= 4 is 25.6 Å². The maximum absolute atomic E-state index is 12.5. The molecule has 1 aromatic heterocycles. The number of phenols is 1. The summed E-state index contributed by atoms with van der Waals surface area (Å²) < 4.78 is 17.2. The van der Waals surface area contributed by atoms with Crippen LogP contribution in [0.4, 0.5) is 0 Å². The van der Waals surface area contributed by atoms with Gasteiger partial charge in [0.1, 0.15) is 22.5 Å². The smallest absolute Gasteiger partial charge is 0.335 e. The Kier molecular flexibility index (Phi) is 9.27. The van der Waals surface area contributed by atoms with E-state index in [1.807, 2.05) is 71.0 Å². The first kappa shape index (κ1) is 27.8. The summed E-state index contributed by atoms with van der Waals surface area (Å²) >= 11 is 0. The zero-order valence-corrected chi connectivity index (χ0v) is 23.3. The fourth-order valence-corrected chi connectivity index (χ4v) is 6.59. The molecule has 0 saturated carbocycles. The Hall–Kier alpha value is -2.75. The lowest BCUT2D eigenvalue weighted by Crippen LogP contribution is -2.38. The molecule has 2 aromatic carbocycles. The molecule has 0 bridgehead atoms. The summed E-state index contributed by atoms with van der Waals surface area (Å²) in [5.74, 6) is -0.106. The summed E-state index contributed by atoms with van der Waals surface area (Å²) in [7, 11) is -2.20. The van der Waals surface area contributed by atoms with Crippen LogP contribution in [0.25, 0.3) is 16.7 Å². The monoisotopic (exact) mass is 513 g/mol. The van der Waals surface area contributed by atoms with Crippen LogP contribution in [0.15, 0.2) is 36.4 Å². The van der Waals surface area contributed by atoms with Gasteiger partial charge in [0, 0.05) is 25.2 Å². The van der Waals surface area contributed by atoms with Crippen molar-refractivity contribution in [2.24, 2.45) is 0 Å². The highest BCUT2D eigenvalue weighted by Gasteiger charge is 2.30. The number of aromatic nitrogens is 3. The maximum atomic E-state index is 12.5. The summed E-state index contributed by atoms with van der Waals surface area (Å²) in [6.07, 6.45) is 1.44. The van der Waals surface area contributed by atoms with Crippen LogP contribution in [0, 0.1) is 0 Å². The predicted molar refractivity (Wildman–Crippen MR) is 143 cm³/mol. The molecular weight excluding hydrogens is 474 g/mol. The first-order valence-corrected chi connectivity index (χ1v) is 15.2. The molecule has 0 spiro atoms. The number of ether oxygens (including phenoxy) is 1. The Morgan fingerprint density at radius 3 is 2.22 bits per heavy atom. The minimum Gasteiger partial charge on any atom is -0.505 e. The number of esters is 1. The Morgan fingerprint density at radius 1 is 1.06 bits per heavy atom. The van der Waals surface area contributed by atoms with Crippen LogP contribution in [0.5, 0.6) is 5.75 Å². The molecule has 0 unspecified atom stereocenters. The van der Waals surface area contributed by atoms with Gasteiger partial charge >= 0.3 is 14.5 Å². The number of carbonyl (C=O) groups excluding carboxylic acids is 1. The fourth-order valence-electron chi connectivity index (χ4n) is 4.21. The number of fused-ring (bicyclic) bond motifs is 1. The van der Waals surface area contributed by atoms with Crippen molar-refractivity contribution in [3.8, 4) is 11.4 Å². The zero-order chi connectivity index (χ0) is 26.3. The van der Waals surface area contributed by atoms with Gasteiger partial charge in [-0.3, -0.25) is 4.79 Å². The minimum absolute atomic E-state index is 0.143. The van der Waals surface area contributed by atoms with Gasteiger partial charge in [-0.05, 0) is 68.5 Å². The molecule has 0 atom stereocenters. The van der Waals surface area contributed by atoms with Crippen molar-refractivity contribution in [2.75, 3.05) is 19.8 Å². The molecule has 0 radical (unpaired) electrons. The molecule has 36 heavy (non-hydrogen) atoms. The van der Waals surface area contributed by atoms with E-state index >= 15 is 0 Å². The summed E-state index contributed by atoms with van der Waals surface area (Å²) in [4.78, 5) is 13.9. The number of aromatic hydroxyl groups is 1. The number of hydrogen-bond acceptors (Lipinski definition) is 7. The number of rotatable bonds is 12. The molecule has 3 rings (SSSR count). The molecule has 0 aliphatic heterocycles. The van der Waals surface area contributed by atoms with Crippen molar-refractivity contribution < 1.29 is 23.5 Å². The van der Waals surface area contributed by atoms with E-state index in [4.69, 9.17) is 13.6 Å². The van der Waals surface area contributed by atoms with Gasteiger partial charge in [-0.25, -0.2) is 0 Å². The predicted octanol–water partition coefficient (Wildman–Crippen LogP) is 5.43. The maximum Gasteiger partial charge on any atom is 0.335 e. The summed E-state index contributed by atoms with van der Waals surface area (Å²) in [5.41, 5.74) is 3.38. The average Bonchev–Trinajstić information content (AvgIpc) is 3.25. The number of aryl methyl sites for hydroxylation is 1. The molecule has 196 valence electrons. The second-order valence-electron chi connectivity index (χ2n) is 10.1. The molecule has 1 heterocycles. The molecule has 0 aliphatic carbocycles. The van der Waals surface area contributed by atoms with Crippen LogP contribution in [0.1, 0.15) is 58.6 Å². The van der Waals surface area contributed by atoms with E-state index in [9.17, 15) is 9.90 Å².